The molecule has 21 heavy (non-hydrogen) atoms. The third kappa shape index (κ3) is 4.17. The Morgan fingerprint density at radius 1 is 1.38 bits per heavy atom. The van der Waals surface area contributed by atoms with Crippen molar-refractivity contribution in [3.63, 3.8) is 0 Å². The topological polar surface area (TPSA) is 41.1 Å². The Hall–Kier alpha value is -1.62. The van der Waals surface area contributed by atoms with Crippen LogP contribution in [-0.4, -0.2) is 30.1 Å². The summed E-state index contributed by atoms with van der Waals surface area (Å²) in [7, 11) is 4.01. The minimum atomic E-state index is 0.401. The molecule has 2 aromatic rings. The molecule has 0 aliphatic heterocycles. The summed E-state index contributed by atoms with van der Waals surface area (Å²) in [4.78, 5) is 12.9. The maximum Gasteiger partial charge on any atom is 0.134 e. The first-order chi connectivity index (χ1) is 10.1. The number of nitrogens with zero attached hydrogens (tertiary/aromatic N) is 3. The van der Waals surface area contributed by atoms with Crippen molar-refractivity contribution in [2.75, 3.05) is 24.3 Å². The van der Waals surface area contributed by atoms with Crippen LogP contribution in [0.5, 0.6) is 0 Å². The third-order valence-electron chi connectivity index (χ3n) is 3.59. The van der Waals surface area contributed by atoms with E-state index in [1.54, 1.807) is 0 Å². The first-order valence-corrected chi connectivity index (χ1v) is 8.33. The van der Waals surface area contributed by atoms with Crippen LogP contribution in [0.1, 0.15) is 31.0 Å². The minimum Gasteiger partial charge on any atom is -0.373 e. The fourth-order valence-electron chi connectivity index (χ4n) is 2.21. The molecule has 0 aromatic carbocycles. The van der Waals surface area contributed by atoms with Gasteiger partial charge in [-0.15, -0.1) is 11.3 Å². The van der Waals surface area contributed by atoms with E-state index in [0.29, 0.717) is 6.04 Å². The lowest BCUT2D eigenvalue weighted by molar-refractivity contribution is 0.675. The Kier molecular flexibility index (Phi) is 5.56. The monoisotopic (exact) mass is 304 g/mol. The van der Waals surface area contributed by atoms with Crippen molar-refractivity contribution < 1.29 is 0 Å². The SMILES string of the molecule is CCCc1nc(NC)cc(N(C)C(C)Cc2cccs2)n1. The van der Waals surface area contributed by atoms with Crippen molar-refractivity contribution >= 4 is 23.0 Å². The maximum atomic E-state index is 4.70. The van der Waals surface area contributed by atoms with Gasteiger partial charge in [0, 0.05) is 43.9 Å². The van der Waals surface area contributed by atoms with Crippen molar-refractivity contribution in [1.82, 2.24) is 9.97 Å². The molecule has 0 spiro atoms. The highest BCUT2D eigenvalue weighted by Crippen LogP contribution is 2.20. The van der Waals surface area contributed by atoms with Gasteiger partial charge in [-0.1, -0.05) is 13.0 Å². The maximum absolute atomic E-state index is 4.70. The fourth-order valence-corrected chi connectivity index (χ4v) is 3.04. The largest absolute Gasteiger partial charge is 0.373 e. The zero-order chi connectivity index (χ0) is 15.2. The van der Waals surface area contributed by atoms with E-state index < -0.39 is 0 Å². The van der Waals surface area contributed by atoms with E-state index in [0.717, 1.165) is 36.7 Å². The van der Waals surface area contributed by atoms with Gasteiger partial charge in [-0.3, -0.25) is 0 Å². The van der Waals surface area contributed by atoms with Gasteiger partial charge in [-0.25, -0.2) is 9.97 Å². The summed E-state index contributed by atoms with van der Waals surface area (Å²) in [5.74, 6) is 2.79. The fraction of sp³-hybridized carbons (Fsp3) is 0.500. The number of likely N-dealkylation sites (N-methyl/N-ethyl adjacent to an activating group) is 1. The minimum absolute atomic E-state index is 0.401. The number of aromatic nitrogens is 2. The van der Waals surface area contributed by atoms with Gasteiger partial charge >= 0.3 is 0 Å². The standard InChI is InChI=1S/C16H24N4S/c1-5-7-14-18-15(17-3)11-16(19-14)20(4)12(2)10-13-8-6-9-21-13/h6,8-9,11-12H,5,7,10H2,1-4H3,(H,17,18,19). The molecule has 0 bridgehead atoms. The van der Waals surface area contributed by atoms with Crippen molar-refractivity contribution in [2.45, 2.75) is 39.2 Å². The summed E-state index contributed by atoms with van der Waals surface area (Å²) in [6, 6.07) is 6.72. The summed E-state index contributed by atoms with van der Waals surface area (Å²) in [6.45, 7) is 4.39. The van der Waals surface area contributed by atoms with Crippen LogP contribution in [-0.2, 0) is 12.8 Å². The number of nitrogens with one attached hydrogen (secondary N) is 1. The molecule has 5 heteroatoms. The Morgan fingerprint density at radius 2 is 2.19 bits per heavy atom. The Morgan fingerprint density at radius 3 is 2.81 bits per heavy atom. The Balaban J connectivity index is 2.16. The molecule has 0 fully saturated rings. The summed E-state index contributed by atoms with van der Waals surface area (Å²) < 4.78 is 0. The normalized spacial score (nSPS) is 12.2. The molecule has 0 amide bonds. The molecule has 0 saturated carbocycles. The number of aryl methyl sites for hydroxylation is 1. The van der Waals surface area contributed by atoms with E-state index in [-0.39, 0.29) is 0 Å². The number of anilines is 2. The van der Waals surface area contributed by atoms with Crippen molar-refractivity contribution in [3.05, 3.63) is 34.3 Å². The highest BCUT2D eigenvalue weighted by molar-refractivity contribution is 7.09. The van der Waals surface area contributed by atoms with E-state index in [2.05, 4.69) is 53.6 Å². The first-order valence-electron chi connectivity index (χ1n) is 7.45. The second-order valence-electron chi connectivity index (χ2n) is 5.27. The van der Waals surface area contributed by atoms with Gasteiger partial charge < -0.3 is 10.2 Å². The molecular formula is C16H24N4S. The molecule has 4 nitrogen and oxygen atoms in total. The predicted octanol–water partition coefficient (Wildman–Crippen LogP) is 3.60. The zero-order valence-corrected chi connectivity index (χ0v) is 14.1. The van der Waals surface area contributed by atoms with Crippen LogP contribution in [0, 0.1) is 0 Å². The average molecular weight is 304 g/mol. The molecule has 114 valence electrons. The van der Waals surface area contributed by atoms with Crippen LogP contribution in [0.3, 0.4) is 0 Å². The van der Waals surface area contributed by atoms with Crippen molar-refractivity contribution in [3.8, 4) is 0 Å². The van der Waals surface area contributed by atoms with Gasteiger partial charge in [-0.2, -0.15) is 0 Å². The quantitative estimate of drug-likeness (QED) is 0.848. The number of hydrogen-bond acceptors (Lipinski definition) is 5. The van der Waals surface area contributed by atoms with Crippen molar-refractivity contribution in [2.24, 2.45) is 0 Å². The smallest absolute Gasteiger partial charge is 0.134 e. The van der Waals surface area contributed by atoms with Crippen LogP contribution >= 0.6 is 11.3 Å². The molecule has 2 aromatic heterocycles. The second-order valence-corrected chi connectivity index (χ2v) is 6.30. The molecule has 0 radical (unpaired) electrons. The van der Waals surface area contributed by atoms with Crippen LogP contribution < -0.4 is 10.2 Å². The van der Waals surface area contributed by atoms with Crippen LogP contribution in [0.2, 0.25) is 0 Å². The van der Waals surface area contributed by atoms with E-state index in [4.69, 9.17) is 4.98 Å². The highest BCUT2D eigenvalue weighted by atomic mass is 32.1. The van der Waals surface area contributed by atoms with E-state index in [1.165, 1.54) is 4.88 Å². The van der Waals surface area contributed by atoms with Gasteiger partial charge in [0.2, 0.25) is 0 Å². The molecule has 1 atom stereocenters. The van der Waals surface area contributed by atoms with E-state index in [1.807, 2.05) is 24.5 Å². The molecule has 1 N–H and O–H groups in total. The zero-order valence-electron chi connectivity index (χ0n) is 13.3. The van der Waals surface area contributed by atoms with Gasteiger partial charge in [-0.05, 0) is 24.8 Å². The lowest BCUT2D eigenvalue weighted by atomic mass is 10.2. The summed E-state index contributed by atoms with van der Waals surface area (Å²) in [6.07, 6.45) is 3.01. The molecule has 2 rings (SSSR count). The number of hydrogen-bond donors (Lipinski definition) is 1. The molecule has 1 unspecified atom stereocenters. The third-order valence-corrected chi connectivity index (χ3v) is 4.49. The van der Waals surface area contributed by atoms with Gasteiger partial charge in [0.05, 0.1) is 0 Å². The molecule has 0 saturated heterocycles. The highest BCUT2D eigenvalue weighted by Gasteiger charge is 2.14. The Labute approximate surface area is 131 Å². The van der Waals surface area contributed by atoms with Gasteiger partial charge in [0.25, 0.3) is 0 Å². The summed E-state index contributed by atoms with van der Waals surface area (Å²) in [5, 5.41) is 5.26. The lowest BCUT2D eigenvalue weighted by Crippen LogP contribution is -2.31. The van der Waals surface area contributed by atoms with E-state index in [9.17, 15) is 0 Å². The summed E-state index contributed by atoms with van der Waals surface area (Å²) in [5.41, 5.74) is 0. The molecule has 0 aliphatic rings. The van der Waals surface area contributed by atoms with Gasteiger partial charge in [0.15, 0.2) is 0 Å². The van der Waals surface area contributed by atoms with Crippen LogP contribution in [0.25, 0.3) is 0 Å². The molecule has 2 heterocycles. The average Bonchev–Trinajstić information content (AvgIpc) is 2.99. The predicted molar refractivity (Wildman–Crippen MR) is 91.5 cm³/mol. The first kappa shape index (κ1) is 15.8. The molecule has 0 aliphatic carbocycles. The van der Waals surface area contributed by atoms with E-state index >= 15 is 0 Å². The summed E-state index contributed by atoms with van der Waals surface area (Å²) >= 11 is 1.81. The number of rotatable bonds is 7. The van der Waals surface area contributed by atoms with Crippen LogP contribution in [0.15, 0.2) is 23.6 Å². The van der Waals surface area contributed by atoms with Crippen molar-refractivity contribution in [1.29, 1.82) is 0 Å². The molecular weight excluding hydrogens is 280 g/mol. The lowest BCUT2D eigenvalue weighted by Gasteiger charge is -2.26. The number of thiophene rings is 1. The second kappa shape index (κ2) is 7.41. The Bertz CT molecular complexity index is 553. The van der Waals surface area contributed by atoms with Gasteiger partial charge in [0.1, 0.15) is 17.5 Å². The van der Waals surface area contributed by atoms with Crippen LogP contribution in [0.4, 0.5) is 11.6 Å².